The second-order valence-electron chi connectivity index (χ2n) is 4.04. The lowest BCUT2D eigenvalue weighted by atomic mass is 10.1. The average molecular weight is 272 g/mol. The molecular formula is C13H12N4OS. The van der Waals surface area contributed by atoms with Gasteiger partial charge in [0.1, 0.15) is 11.9 Å². The Morgan fingerprint density at radius 3 is 2.74 bits per heavy atom. The number of rotatable bonds is 4. The van der Waals surface area contributed by atoms with E-state index in [0.717, 1.165) is 9.88 Å². The fourth-order valence-corrected chi connectivity index (χ4v) is 2.40. The van der Waals surface area contributed by atoms with Crippen LogP contribution in [-0.4, -0.2) is 20.7 Å². The maximum atomic E-state index is 12.0. The Morgan fingerprint density at radius 2 is 2.16 bits per heavy atom. The van der Waals surface area contributed by atoms with Crippen LogP contribution < -0.4 is 0 Å². The quantitative estimate of drug-likeness (QED) is 0.634. The highest BCUT2D eigenvalue weighted by molar-refractivity contribution is 7.11. The standard InChI is InChI=1S/C13H12N4OS/c1-8-13(14-3)16-7-11(17-8)12(18)5-4-10-6-15-9(2)19-10/h6-7H,4-5H2,1-2H3. The van der Waals surface area contributed by atoms with E-state index in [1.54, 1.807) is 24.5 Å². The van der Waals surface area contributed by atoms with Gasteiger partial charge in [0, 0.05) is 17.5 Å². The number of ketones is 1. The molecule has 5 nitrogen and oxygen atoms in total. The van der Waals surface area contributed by atoms with Crippen LogP contribution in [0.2, 0.25) is 0 Å². The summed E-state index contributed by atoms with van der Waals surface area (Å²) in [5, 5.41) is 1.000. The maximum Gasteiger partial charge on any atom is 0.291 e. The molecule has 2 heterocycles. The van der Waals surface area contributed by atoms with Crippen molar-refractivity contribution in [3.05, 3.63) is 45.1 Å². The number of thiazole rings is 1. The van der Waals surface area contributed by atoms with Crippen LogP contribution in [0.15, 0.2) is 12.4 Å². The third kappa shape index (κ3) is 3.20. The molecule has 0 atom stereocenters. The van der Waals surface area contributed by atoms with Gasteiger partial charge in [-0.3, -0.25) is 9.78 Å². The van der Waals surface area contributed by atoms with E-state index >= 15 is 0 Å². The molecular weight excluding hydrogens is 260 g/mol. The minimum absolute atomic E-state index is 0.0572. The molecule has 0 saturated carbocycles. The van der Waals surface area contributed by atoms with Gasteiger partial charge >= 0.3 is 0 Å². The lowest BCUT2D eigenvalue weighted by molar-refractivity contribution is 0.0977. The number of hydrogen-bond acceptors (Lipinski definition) is 5. The number of nitrogens with zero attached hydrogens (tertiary/aromatic N) is 4. The molecule has 0 amide bonds. The normalized spacial score (nSPS) is 10.2. The molecule has 0 aliphatic heterocycles. The van der Waals surface area contributed by atoms with E-state index in [0.29, 0.717) is 24.2 Å². The van der Waals surface area contributed by atoms with Crippen molar-refractivity contribution in [1.82, 2.24) is 15.0 Å². The molecule has 0 spiro atoms. The first-order chi connectivity index (χ1) is 9.10. The Balaban J connectivity index is 2.04. The molecule has 0 fully saturated rings. The van der Waals surface area contributed by atoms with E-state index in [4.69, 9.17) is 6.57 Å². The number of Topliss-reactive ketones (excluding diaryl/α,β-unsaturated/α-hetero) is 1. The molecule has 19 heavy (non-hydrogen) atoms. The van der Waals surface area contributed by atoms with Gasteiger partial charge in [0.25, 0.3) is 5.82 Å². The molecule has 2 aromatic rings. The monoisotopic (exact) mass is 272 g/mol. The predicted molar refractivity (Wildman–Crippen MR) is 72.5 cm³/mol. The lowest BCUT2D eigenvalue weighted by Gasteiger charge is -2.00. The van der Waals surface area contributed by atoms with Crippen molar-refractivity contribution in [1.29, 1.82) is 0 Å². The minimum atomic E-state index is -0.0572. The fourth-order valence-electron chi connectivity index (χ4n) is 1.61. The van der Waals surface area contributed by atoms with E-state index in [-0.39, 0.29) is 11.6 Å². The Morgan fingerprint density at radius 1 is 1.37 bits per heavy atom. The van der Waals surface area contributed by atoms with Crippen LogP contribution in [0.3, 0.4) is 0 Å². The molecule has 0 aliphatic carbocycles. The van der Waals surface area contributed by atoms with Gasteiger partial charge in [-0.2, -0.15) is 0 Å². The Labute approximate surface area is 115 Å². The first-order valence-electron chi connectivity index (χ1n) is 5.75. The van der Waals surface area contributed by atoms with Crippen molar-refractivity contribution >= 4 is 22.9 Å². The van der Waals surface area contributed by atoms with Crippen molar-refractivity contribution in [3.8, 4) is 0 Å². The minimum Gasteiger partial charge on any atom is -0.359 e. The first-order valence-corrected chi connectivity index (χ1v) is 6.57. The molecule has 0 radical (unpaired) electrons. The highest BCUT2D eigenvalue weighted by Crippen LogP contribution is 2.16. The molecule has 0 N–H and O–H groups in total. The highest BCUT2D eigenvalue weighted by Gasteiger charge is 2.13. The van der Waals surface area contributed by atoms with E-state index in [2.05, 4.69) is 19.8 Å². The van der Waals surface area contributed by atoms with Crippen LogP contribution in [0.5, 0.6) is 0 Å². The molecule has 0 unspecified atom stereocenters. The van der Waals surface area contributed by atoms with Gasteiger partial charge in [0.15, 0.2) is 5.78 Å². The number of hydrogen-bond donors (Lipinski definition) is 0. The van der Waals surface area contributed by atoms with Gasteiger partial charge in [-0.05, 0) is 20.3 Å². The van der Waals surface area contributed by atoms with Gasteiger partial charge in [-0.1, -0.05) is 6.57 Å². The molecule has 0 saturated heterocycles. The van der Waals surface area contributed by atoms with E-state index in [9.17, 15) is 4.79 Å². The summed E-state index contributed by atoms with van der Waals surface area (Å²) in [6.45, 7) is 10.5. The second-order valence-corrected chi connectivity index (χ2v) is 5.36. The van der Waals surface area contributed by atoms with E-state index in [1.165, 1.54) is 6.20 Å². The van der Waals surface area contributed by atoms with E-state index < -0.39 is 0 Å². The summed E-state index contributed by atoms with van der Waals surface area (Å²) in [6.07, 6.45) is 4.22. The van der Waals surface area contributed by atoms with Crippen molar-refractivity contribution in [3.63, 3.8) is 0 Å². The SMILES string of the molecule is [C-]#[N+]c1ncc(C(=O)CCc2cnc(C)s2)nc1C. The maximum absolute atomic E-state index is 12.0. The zero-order valence-corrected chi connectivity index (χ0v) is 11.5. The first kappa shape index (κ1) is 13.3. The summed E-state index contributed by atoms with van der Waals surface area (Å²) < 4.78 is 0. The smallest absolute Gasteiger partial charge is 0.291 e. The van der Waals surface area contributed by atoms with Crippen LogP contribution in [0.25, 0.3) is 4.85 Å². The van der Waals surface area contributed by atoms with Crippen molar-refractivity contribution in [2.75, 3.05) is 0 Å². The number of aromatic nitrogens is 3. The van der Waals surface area contributed by atoms with Crippen molar-refractivity contribution in [2.24, 2.45) is 0 Å². The zero-order chi connectivity index (χ0) is 13.8. The predicted octanol–water partition coefficient (Wildman–Crippen LogP) is 2.92. The summed E-state index contributed by atoms with van der Waals surface area (Å²) in [6, 6.07) is 0. The molecule has 2 rings (SSSR count). The van der Waals surface area contributed by atoms with Crippen LogP contribution in [-0.2, 0) is 6.42 Å². The molecule has 6 heteroatoms. The molecule has 2 aromatic heterocycles. The fraction of sp³-hybridized carbons (Fsp3) is 0.308. The summed E-state index contributed by atoms with van der Waals surface area (Å²) in [7, 11) is 0. The summed E-state index contributed by atoms with van der Waals surface area (Å²) >= 11 is 1.59. The molecule has 96 valence electrons. The Hall–Kier alpha value is -2.13. The average Bonchev–Trinajstić information content (AvgIpc) is 2.81. The molecule has 0 bridgehead atoms. The third-order valence-corrected chi connectivity index (χ3v) is 3.55. The topological polar surface area (TPSA) is 60.1 Å². The molecule has 0 aromatic carbocycles. The van der Waals surface area contributed by atoms with Crippen LogP contribution in [0.4, 0.5) is 5.82 Å². The van der Waals surface area contributed by atoms with Crippen LogP contribution in [0.1, 0.15) is 32.5 Å². The summed E-state index contributed by atoms with van der Waals surface area (Å²) in [5.74, 6) is 0.188. The van der Waals surface area contributed by atoms with Crippen molar-refractivity contribution in [2.45, 2.75) is 26.7 Å². The third-order valence-electron chi connectivity index (χ3n) is 2.58. The summed E-state index contributed by atoms with van der Waals surface area (Å²) in [5.41, 5.74) is 0.820. The van der Waals surface area contributed by atoms with Gasteiger partial charge in [0.05, 0.1) is 10.7 Å². The highest BCUT2D eigenvalue weighted by atomic mass is 32.1. The van der Waals surface area contributed by atoms with Gasteiger partial charge < -0.3 is 4.85 Å². The number of carbonyl (C=O) groups is 1. The summed E-state index contributed by atoms with van der Waals surface area (Å²) in [4.78, 5) is 28.5. The van der Waals surface area contributed by atoms with Gasteiger partial charge in [-0.15, -0.1) is 16.3 Å². The van der Waals surface area contributed by atoms with Gasteiger partial charge in [0.2, 0.25) is 0 Å². The van der Waals surface area contributed by atoms with Crippen LogP contribution >= 0.6 is 11.3 Å². The van der Waals surface area contributed by atoms with Gasteiger partial charge in [-0.25, -0.2) is 4.98 Å². The molecule has 0 aliphatic rings. The largest absolute Gasteiger partial charge is 0.359 e. The van der Waals surface area contributed by atoms with Crippen LogP contribution in [0, 0.1) is 20.4 Å². The lowest BCUT2D eigenvalue weighted by Crippen LogP contribution is -2.05. The number of aryl methyl sites for hydroxylation is 3. The zero-order valence-electron chi connectivity index (χ0n) is 10.7. The van der Waals surface area contributed by atoms with E-state index in [1.807, 2.05) is 6.92 Å². The van der Waals surface area contributed by atoms with Crippen molar-refractivity contribution < 1.29 is 4.79 Å². The number of carbonyl (C=O) groups excluding carboxylic acids is 1. The Bertz CT molecular complexity index is 657. The second kappa shape index (κ2) is 5.67. The Kier molecular flexibility index (Phi) is 3.97.